The Morgan fingerprint density at radius 1 is 1.03 bits per heavy atom. The van der Waals surface area contributed by atoms with E-state index in [1.165, 1.54) is 4.31 Å². The molecule has 6 nitrogen and oxygen atoms in total. The van der Waals surface area contributed by atoms with Crippen LogP contribution in [0.25, 0.3) is 0 Å². The molecule has 1 fully saturated rings. The van der Waals surface area contributed by atoms with Gasteiger partial charge in [-0.1, -0.05) is 41.5 Å². The molecule has 1 amide bonds. The fraction of sp³-hybridized carbons (Fsp3) is 0.273. The van der Waals surface area contributed by atoms with Crippen LogP contribution in [-0.4, -0.2) is 37.0 Å². The van der Waals surface area contributed by atoms with Crippen molar-refractivity contribution in [2.45, 2.75) is 30.7 Å². The zero-order valence-electron chi connectivity index (χ0n) is 16.0. The van der Waals surface area contributed by atoms with Gasteiger partial charge in [-0.25, -0.2) is 8.42 Å². The molecule has 2 aliphatic rings. The molecule has 0 spiro atoms. The Balaban J connectivity index is 1.68. The van der Waals surface area contributed by atoms with Gasteiger partial charge in [0.25, 0.3) is 0 Å². The number of rotatable bonds is 4. The summed E-state index contributed by atoms with van der Waals surface area (Å²) in [6.07, 6.45) is 2.09. The number of aryl methyl sites for hydroxylation is 1. The molecule has 2 aromatic carbocycles. The van der Waals surface area contributed by atoms with Gasteiger partial charge < -0.3 is 5.32 Å². The van der Waals surface area contributed by atoms with Crippen LogP contribution in [0.3, 0.4) is 0 Å². The second-order valence-electron chi connectivity index (χ2n) is 7.55. The number of hydrogen-bond donors (Lipinski definition) is 1. The molecule has 150 valence electrons. The number of fused-ring (bicyclic) bond motifs is 1. The van der Waals surface area contributed by atoms with Crippen molar-refractivity contribution in [3.05, 3.63) is 71.8 Å². The standard InChI is InChI=1S/C22H22N2O4S/c1-15-7-9-20(10-8-15)29(27,28)24-14-17-12-19(25)11-16(17)13-21(24)22(26)23-18-5-3-2-4-6-18/h2-11,17,21H,12-14H2,1H3,(H,23,26)/t17-,21-/m0/s1. The highest BCUT2D eigenvalue weighted by Gasteiger charge is 2.44. The highest BCUT2D eigenvalue weighted by atomic mass is 32.2. The van der Waals surface area contributed by atoms with E-state index in [1.807, 2.05) is 13.0 Å². The largest absolute Gasteiger partial charge is 0.325 e. The van der Waals surface area contributed by atoms with E-state index >= 15 is 0 Å². The lowest BCUT2D eigenvalue weighted by Gasteiger charge is -2.37. The molecule has 4 rings (SSSR count). The fourth-order valence-electron chi connectivity index (χ4n) is 3.92. The maximum atomic E-state index is 13.4. The molecule has 0 radical (unpaired) electrons. The van der Waals surface area contributed by atoms with E-state index < -0.39 is 22.0 Å². The highest BCUT2D eigenvalue weighted by molar-refractivity contribution is 7.89. The molecule has 1 saturated heterocycles. The van der Waals surface area contributed by atoms with Crippen LogP contribution >= 0.6 is 0 Å². The zero-order valence-corrected chi connectivity index (χ0v) is 16.9. The van der Waals surface area contributed by atoms with Crippen LogP contribution in [0.1, 0.15) is 18.4 Å². The molecular formula is C22H22N2O4S. The molecule has 1 aliphatic heterocycles. The first kappa shape index (κ1) is 19.5. The zero-order chi connectivity index (χ0) is 20.6. The van der Waals surface area contributed by atoms with Crippen LogP contribution in [0, 0.1) is 12.8 Å². The number of anilines is 1. The summed E-state index contributed by atoms with van der Waals surface area (Å²) in [6, 6.07) is 14.6. The van der Waals surface area contributed by atoms with Gasteiger partial charge in [-0.05, 0) is 43.7 Å². The van der Waals surface area contributed by atoms with Crippen molar-refractivity contribution in [3.63, 3.8) is 0 Å². The van der Waals surface area contributed by atoms with Gasteiger partial charge in [-0.15, -0.1) is 0 Å². The van der Waals surface area contributed by atoms with E-state index in [0.717, 1.165) is 11.1 Å². The highest BCUT2D eigenvalue weighted by Crippen LogP contribution is 2.37. The van der Waals surface area contributed by atoms with Crippen molar-refractivity contribution < 1.29 is 18.0 Å². The van der Waals surface area contributed by atoms with Crippen molar-refractivity contribution in [3.8, 4) is 0 Å². The Hall–Kier alpha value is -2.77. The minimum absolute atomic E-state index is 0.0122. The van der Waals surface area contributed by atoms with E-state index in [-0.39, 0.29) is 29.6 Å². The molecule has 0 saturated carbocycles. The van der Waals surface area contributed by atoms with Gasteiger partial charge in [0.1, 0.15) is 6.04 Å². The van der Waals surface area contributed by atoms with Gasteiger partial charge in [-0.2, -0.15) is 4.31 Å². The van der Waals surface area contributed by atoms with Gasteiger partial charge in [0, 0.05) is 24.6 Å². The third kappa shape index (κ3) is 3.88. The van der Waals surface area contributed by atoms with Gasteiger partial charge in [0.05, 0.1) is 4.90 Å². The van der Waals surface area contributed by atoms with Crippen LogP contribution in [0.5, 0.6) is 0 Å². The second-order valence-corrected chi connectivity index (χ2v) is 9.44. The summed E-state index contributed by atoms with van der Waals surface area (Å²) in [7, 11) is -3.89. The van der Waals surface area contributed by atoms with Crippen LogP contribution in [0.4, 0.5) is 5.69 Å². The van der Waals surface area contributed by atoms with E-state index in [0.29, 0.717) is 12.1 Å². The predicted octanol–water partition coefficient (Wildman–Crippen LogP) is 2.91. The summed E-state index contributed by atoms with van der Waals surface area (Å²) in [4.78, 5) is 25.1. The number of piperidine rings is 1. The molecule has 2 atom stereocenters. The third-order valence-corrected chi connectivity index (χ3v) is 7.36. The van der Waals surface area contributed by atoms with Crippen molar-refractivity contribution in [2.75, 3.05) is 11.9 Å². The number of hydrogen-bond acceptors (Lipinski definition) is 4. The van der Waals surface area contributed by atoms with Crippen molar-refractivity contribution in [1.82, 2.24) is 4.31 Å². The monoisotopic (exact) mass is 410 g/mol. The Labute approximate surface area is 170 Å². The quantitative estimate of drug-likeness (QED) is 0.840. The molecule has 29 heavy (non-hydrogen) atoms. The first-order valence-electron chi connectivity index (χ1n) is 9.52. The second kappa shape index (κ2) is 7.57. The number of benzene rings is 2. The number of sulfonamides is 1. The summed E-state index contributed by atoms with van der Waals surface area (Å²) in [5, 5.41) is 2.81. The van der Waals surface area contributed by atoms with Gasteiger partial charge in [0.15, 0.2) is 5.78 Å². The third-order valence-electron chi connectivity index (χ3n) is 5.47. The summed E-state index contributed by atoms with van der Waals surface area (Å²) in [5.41, 5.74) is 2.41. The summed E-state index contributed by atoms with van der Waals surface area (Å²) >= 11 is 0. The molecule has 0 aromatic heterocycles. The number of nitrogens with one attached hydrogen (secondary N) is 1. The number of allylic oxidation sites excluding steroid dienone is 1. The molecule has 1 N–H and O–H groups in total. The van der Waals surface area contributed by atoms with E-state index in [1.54, 1.807) is 54.6 Å². The Morgan fingerprint density at radius 3 is 2.41 bits per heavy atom. The average Bonchev–Trinajstić information content (AvgIpc) is 3.07. The van der Waals surface area contributed by atoms with Crippen LogP contribution in [0.15, 0.2) is 71.1 Å². The maximum absolute atomic E-state index is 13.4. The minimum atomic E-state index is -3.89. The summed E-state index contributed by atoms with van der Waals surface area (Å²) < 4.78 is 28.0. The molecular weight excluding hydrogens is 388 g/mol. The number of ketones is 1. The molecule has 2 aromatic rings. The van der Waals surface area contributed by atoms with Gasteiger partial charge >= 0.3 is 0 Å². The number of nitrogens with zero attached hydrogens (tertiary/aromatic N) is 1. The fourth-order valence-corrected chi connectivity index (χ4v) is 5.55. The number of carbonyl (C=O) groups is 2. The SMILES string of the molecule is Cc1ccc(S(=O)(=O)N2C[C@@H]3CC(=O)C=C3C[C@H]2C(=O)Nc2ccccc2)cc1. The topological polar surface area (TPSA) is 83.6 Å². The Bertz CT molecular complexity index is 1080. The summed E-state index contributed by atoms with van der Waals surface area (Å²) in [5.74, 6) is -0.573. The van der Waals surface area contributed by atoms with Crippen LogP contribution in [-0.2, 0) is 19.6 Å². The summed E-state index contributed by atoms with van der Waals surface area (Å²) in [6.45, 7) is 2.01. The van der Waals surface area contributed by atoms with Gasteiger partial charge in [0.2, 0.25) is 15.9 Å². The van der Waals surface area contributed by atoms with Crippen LogP contribution < -0.4 is 5.32 Å². The van der Waals surface area contributed by atoms with Crippen LogP contribution in [0.2, 0.25) is 0 Å². The van der Waals surface area contributed by atoms with E-state index in [9.17, 15) is 18.0 Å². The number of para-hydroxylation sites is 1. The average molecular weight is 410 g/mol. The normalized spacial score (nSPS) is 22.1. The number of carbonyl (C=O) groups excluding carboxylic acids is 2. The first-order chi connectivity index (χ1) is 13.8. The molecule has 0 bridgehead atoms. The van der Waals surface area contributed by atoms with E-state index in [4.69, 9.17) is 0 Å². The lowest BCUT2D eigenvalue weighted by atomic mass is 9.90. The van der Waals surface area contributed by atoms with Gasteiger partial charge in [-0.3, -0.25) is 9.59 Å². The predicted molar refractivity (Wildman–Crippen MR) is 110 cm³/mol. The van der Waals surface area contributed by atoms with Crippen molar-refractivity contribution in [2.24, 2.45) is 5.92 Å². The minimum Gasteiger partial charge on any atom is -0.325 e. The Morgan fingerprint density at radius 2 is 1.72 bits per heavy atom. The lowest BCUT2D eigenvalue weighted by Crippen LogP contribution is -2.52. The molecule has 0 unspecified atom stereocenters. The lowest BCUT2D eigenvalue weighted by molar-refractivity contribution is -0.120. The number of amides is 1. The maximum Gasteiger partial charge on any atom is 0.243 e. The Kier molecular flexibility index (Phi) is 5.10. The smallest absolute Gasteiger partial charge is 0.243 e. The van der Waals surface area contributed by atoms with Crippen molar-refractivity contribution >= 4 is 27.4 Å². The van der Waals surface area contributed by atoms with E-state index in [2.05, 4.69) is 5.32 Å². The first-order valence-corrected chi connectivity index (χ1v) is 11.0. The molecule has 1 heterocycles. The van der Waals surface area contributed by atoms with Crippen molar-refractivity contribution in [1.29, 1.82) is 0 Å². The molecule has 1 aliphatic carbocycles. The molecule has 7 heteroatoms.